The third-order valence-electron chi connectivity index (χ3n) is 3.54. The van der Waals surface area contributed by atoms with Crippen molar-refractivity contribution in [2.45, 2.75) is 6.92 Å². The predicted molar refractivity (Wildman–Crippen MR) is 103 cm³/mol. The number of benzene rings is 2. The first-order valence-electron chi connectivity index (χ1n) is 8.20. The molecule has 0 atom stereocenters. The summed E-state index contributed by atoms with van der Waals surface area (Å²) in [5.41, 5.74) is 1.83. The normalized spacial score (nSPS) is 10.3. The van der Waals surface area contributed by atoms with Crippen molar-refractivity contribution in [3.8, 4) is 5.69 Å². The third kappa shape index (κ3) is 4.62. The fourth-order valence-electron chi connectivity index (χ4n) is 2.33. The van der Waals surface area contributed by atoms with Crippen molar-refractivity contribution in [3.05, 3.63) is 65.4 Å². The number of carbonyl (C=O) groups excluding carboxylic acids is 2. The summed E-state index contributed by atoms with van der Waals surface area (Å²) in [6, 6.07) is 13.6. The fourth-order valence-corrected chi connectivity index (χ4v) is 2.55. The van der Waals surface area contributed by atoms with E-state index in [2.05, 4.69) is 26.3 Å². The molecule has 0 bridgehead atoms. The van der Waals surface area contributed by atoms with E-state index in [1.54, 1.807) is 42.5 Å². The summed E-state index contributed by atoms with van der Waals surface area (Å²) in [4.78, 5) is 24.0. The van der Waals surface area contributed by atoms with Crippen molar-refractivity contribution in [1.82, 2.24) is 20.3 Å². The van der Waals surface area contributed by atoms with E-state index >= 15 is 0 Å². The van der Waals surface area contributed by atoms with Crippen molar-refractivity contribution in [3.63, 3.8) is 0 Å². The van der Waals surface area contributed by atoms with E-state index in [9.17, 15) is 9.59 Å². The van der Waals surface area contributed by atoms with Crippen molar-refractivity contribution in [2.75, 3.05) is 17.2 Å². The van der Waals surface area contributed by atoms with Gasteiger partial charge in [0.05, 0.1) is 16.9 Å². The molecule has 138 valence electrons. The lowest BCUT2D eigenvalue weighted by molar-refractivity contribution is 0.102. The van der Waals surface area contributed by atoms with Crippen molar-refractivity contribution in [2.24, 2.45) is 0 Å². The molecule has 3 amide bonds. The molecule has 3 rings (SSSR count). The molecule has 0 aliphatic carbocycles. The molecule has 0 spiro atoms. The molecule has 1 aromatic heterocycles. The summed E-state index contributed by atoms with van der Waals surface area (Å²) in [6.45, 7) is 2.34. The highest BCUT2D eigenvalue weighted by atomic mass is 35.5. The minimum Gasteiger partial charge on any atom is -0.338 e. The van der Waals surface area contributed by atoms with E-state index in [0.29, 0.717) is 28.6 Å². The number of hydrogen-bond donors (Lipinski definition) is 3. The van der Waals surface area contributed by atoms with E-state index in [0.717, 1.165) is 0 Å². The molecule has 0 aliphatic heterocycles. The van der Waals surface area contributed by atoms with E-state index < -0.39 is 5.91 Å². The Balaban J connectivity index is 1.71. The van der Waals surface area contributed by atoms with Gasteiger partial charge in [-0.1, -0.05) is 35.0 Å². The van der Waals surface area contributed by atoms with Gasteiger partial charge in [0.2, 0.25) is 0 Å². The van der Waals surface area contributed by atoms with Crippen molar-refractivity contribution >= 4 is 34.9 Å². The molecule has 0 saturated heterocycles. The largest absolute Gasteiger partial charge is 0.338 e. The summed E-state index contributed by atoms with van der Waals surface area (Å²) in [6.07, 6.45) is 1.49. The molecular weight excluding hydrogens is 368 g/mol. The Morgan fingerprint density at radius 2 is 1.81 bits per heavy atom. The number of amides is 3. The SMILES string of the molecule is CCNC(=O)Nc1cccc(NC(=O)c2cn(-c3ccccc3Cl)nn2)c1. The highest BCUT2D eigenvalue weighted by Gasteiger charge is 2.13. The number of rotatable bonds is 5. The number of hydrogen-bond acceptors (Lipinski definition) is 4. The number of aromatic nitrogens is 3. The summed E-state index contributed by atoms with van der Waals surface area (Å²) < 4.78 is 1.43. The maximum Gasteiger partial charge on any atom is 0.319 e. The van der Waals surface area contributed by atoms with Gasteiger partial charge in [-0.05, 0) is 37.3 Å². The van der Waals surface area contributed by atoms with Crippen LogP contribution in [0.2, 0.25) is 5.02 Å². The highest BCUT2D eigenvalue weighted by Crippen LogP contribution is 2.19. The maximum atomic E-state index is 12.4. The van der Waals surface area contributed by atoms with Gasteiger partial charge in [0, 0.05) is 17.9 Å². The number of carbonyl (C=O) groups is 2. The van der Waals surface area contributed by atoms with Crippen LogP contribution >= 0.6 is 11.6 Å². The lowest BCUT2D eigenvalue weighted by Gasteiger charge is -2.08. The van der Waals surface area contributed by atoms with E-state index in [1.165, 1.54) is 10.9 Å². The second kappa shape index (κ2) is 8.33. The minimum absolute atomic E-state index is 0.136. The average Bonchev–Trinajstić information content (AvgIpc) is 3.12. The molecule has 0 saturated carbocycles. The molecule has 27 heavy (non-hydrogen) atoms. The maximum absolute atomic E-state index is 12.4. The first kappa shape index (κ1) is 18.4. The molecule has 0 fully saturated rings. The van der Waals surface area contributed by atoms with Gasteiger partial charge in [-0.15, -0.1) is 5.10 Å². The van der Waals surface area contributed by atoms with Crippen LogP contribution in [-0.4, -0.2) is 33.5 Å². The predicted octanol–water partition coefficient (Wildman–Crippen LogP) is 3.31. The lowest BCUT2D eigenvalue weighted by atomic mass is 10.2. The summed E-state index contributed by atoms with van der Waals surface area (Å²) in [5, 5.41) is 16.4. The second-order valence-corrected chi connectivity index (χ2v) is 5.93. The van der Waals surface area contributed by atoms with Crippen LogP contribution in [0.1, 0.15) is 17.4 Å². The van der Waals surface area contributed by atoms with Crippen molar-refractivity contribution in [1.29, 1.82) is 0 Å². The second-order valence-electron chi connectivity index (χ2n) is 5.52. The van der Waals surface area contributed by atoms with Crippen LogP contribution in [0, 0.1) is 0 Å². The van der Waals surface area contributed by atoms with Gasteiger partial charge >= 0.3 is 6.03 Å². The van der Waals surface area contributed by atoms with Crippen LogP contribution in [0.3, 0.4) is 0 Å². The van der Waals surface area contributed by atoms with Crippen LogP contribution in [0.4, 0.5) is 16.2 Å². The molecule has 2 aromatic carbocycles. The Kier molecular flexibility index (Phi) is 5.68. The molecule has 3 N–H and O–H groups in total. The van der Waals surface area contributed by atoms with Crippen LogP contribution < -0.4 is 16.0 Å². The number of nitrogens with zero attached hydrogens (tertiary/aromatic N) is 3. The van der Waals surface area contributed by atoms with Gasteiger partial charge in [-0.3, -0.25) is 4.79 Å². The van der Waals surface area contributed by atoms with Crippen LogP contribution in [0.15, 0.2) is 54.7 Å². The molecule has 0 unspecified atom stereocenters. The monoisotopic (exact) mass is 384 g/mol. The number of para-hydroxylation sites is 1. The van der Waals surface area contributed by atoms with Crippen molar-refractivity contribution < 1.29 is 9.59 Å². The number of anilines is 2. The van der Waals surface area contributed by atoms with Crippen LogP contribution in [0.5, 0.6) is 0 Å². The number of nitrogens with one attached hydrogen (secondary N) is 3. The fraction of sp³-hybridized carbons (Fsp3) is 0.111. The first-order chi connectivity index (χ1) is 13.1. The molecule has 8 nitrogen and oxygen atoms in total. The van der Waals surface area contributed by atoms with Gasteiger partial charge < -0.3 is 16.0 Å². The Bertz CT molecular complexity index is 972. The Morgan fingerprint density at radius 3 is 2.56 bits per heavy atom. The van der Waals surface area contributed by atoms with Crippen LogP contribution in [-0.2, 0) is 0 Å². The topological polar surface area (TPSA) is 101 Å². The zero-order valence-corrected chi connectivity index (χ0v) is 15.2. The van der Waals surface area contributed by atoms with Gasteiger partial charge in [-0.25, -0.2) is 9.48 Å². The van der Waals surface area contributed by atoms with Crippen LogP contribution in [0.25, 0.3) is 5.69 Å². The Morgan fingerprint density at radius 1 is 1.07 bits per heavy atom. The molecular formula is C18H17ClN6O2. The summed E-state index contributed by atoms with van der Waals surface area (Å²) in [7, 11) is 0. The van der Waals surface area contributed by atoms with E-state index in [-0.39, 0.29) is 11.7 Å². The third-order valence-corrected chi connectivity index (χ3v) is 3.86. The van der Waals surface area contributed by atoms with Gasteiger partial charge in [0.15, 0.2) is 5.69 Å². The first-order valence-corrected chi connectivity index (χ1v) is 8.58. The molecule has 1 heterocycles. The minimum atomic E-state index is -0.427. The number of urea groups is 1. The van der Waals surface area contributed by atoms with Gasteiger partial charge in [0.1, 0.15) is 0 Å². The highest BCUT2D eigenvalue weighted by molar-refractivity contribution is 6.32. The van der Waals surface area contributed by atoms with Gasteiger partial charge in [0.25, 0.3) is 5.91 Å². The zero-order chi connectivity index (χ0) is 19.2. The Labute approximate surface area is 160 Å². The smallest absolute Gasteiger partial charge is 0.319 e. The van der Waals surface area contributed by atoms with Gasteiger partial charge in [-0.2, -0.15) is 0 Å². The zero-order valence-electron chi connectivity index (χ0n) is 14.4. The summed E-state index contributed by atoms with van der Waals surface area (Å²) >= 11 is 6.13. The number of halogens is 1. The Hall–Kier alpha value is -3.39. The van der Waals surface area contributed by atoms with E-state index in [1.807, 2.05) is 13.0 Å². The average molecular weight is 385 g/mol. The molecule has 0 radical (unpaired) electrons. The molecule has 0 aliphatic rings. The quantitative estimate of drug-likeness (QED) is 0.628. The lowest BCUT2D eigenvalue weighted by Crippen LogP contribution is -2.28. The summed E-state index contributed by atoms with van der Waals surface area (Å²) in [5.74, 6) is -0.427. The standard InChI is InChI=1S/C18H17ClN6O2/c1-2-20-18(27)22-13-7-5-6-12(10-13)21-17(26)15-11-25(24-23-15)16-9-4-3-8-14(16)19/h3-11H,2H2,1H3,(H,21,26)(H2,20,22,27). The molecule has 9 heteroatoms. The molecule has 3 aromatic rings. The van der Waals surface area contributed by atoms with E-state index in [4.69, 9.17) is 11.6 Å².